The third kappa shape index (κ3) is 3.17. The standard InChI is InChI=1S/C12H16N2O/c1-14(10-6-5-9-13)11-7-3-4-8-12(11)15-2/h3-4,7-8H,5-6,10H2,1-2H3. The molecule has 15 heavy (non-hydrogen) atoms. The van der Waals surface area contributed by atoms with Crippen LogP contribution in [0.1, 0.15) is 12.8 Å². The summed E-state index contributed by atoms with van der Waals surface area (Å²) >= 11 is 0. The number of anilines is 1. The number of hydrogen-bond acceptors (Lipinski definition) is 3. The van der Waals surface area contributed by atoms with Crippen LogP contribution in [0, 0.1) is 11.3 Å². The number of unbranched alkanes of at least 4 members (excludes halogenated alkanes) is 1. The Morgan fingerprint density at radius 3 is 2.80 bits per heavy atom. The summed E-state index contributed by atoms with van der Waals surface area (Å²) < 4.78 is 5.27. The Hall–Kier alpha value is -1.69. The van der Waals surface area contributed by atoms with Gasteiger partial charge >= 0.3 is 0 Å². The van der Waals surface area contributed by atoms with E-state index in [2.05, 4.69) is 11.0 Å². The van der Waals surface area contributed by atoms with E-state index < -0.39 is 0 Å². The predicted octanol–water partition coefficient (Wildman–Crippen LogP) is 2.44. The lowest BCUT2D eigenvalue weighted by molar-refractivity contribution is 0.415. The fourth-order valence-electron chi connectivity index (χ4n) is 1.46. The highest BCUT2D eigenvalue weighted by molar-refractivity contribution is 5.57. The lowest BCUT2D eigenvalue weighted by atomic mass is 10.2. The van der Waals surface area contributed by atoms with E-state index in [1.165, 1.54) is 0 Å². The lowest BCUT2D eigenvalue weighted by Gasteiger charge is -2.20. The van der Waals surface area contributed by atoms with Crippen LogP contribution in [0.3, 0.4) is 0 Å². The van der Waals surface area contributed by atoms with Crippen molar-refractivity contribution in [3.63, 3.8) is 0 Å². The van der Waals surface area contributed by atoms with Crippen LogP contribution in [0.15, 0.2) is 24.3 Å². The molecule has 3 heteroatoms. The zero-order chi connectivity index (χ0) is 11.1. The first kappa shape index (κ1) is 11.4. The molecular formula is C12H16N2O. The van der Waals surface area contributed by atoms with Gasteiger partial charge in [0.1, 0.15) is 5.75 Å². The van der Waals surface area contributed by atoms with Gasteiger partial charge in [-0.05, 0) is 18.6 Å². The molecule has 1 aromatic rings. The van der Waals surface area contributed by atoms with Gasteiger partial charge in [0.2, 0.25) is 0 Å². The van der Waals surface area contributed by atoms with Crippen LogP contribution < -0.4 is 9.64 Å². The van der Waals surface area contributed by atoms with Gasteiger partial charge in [0, 0.05) is 20.0 Å². The Balaban J connectivity index is 2.64. The Kier molecular flexibility index (Phi) is 4.49. The molecule has 0 N–H and O–H groups in total. The maximum Gasteiger partial charge on any atom is 0.142 e. The van der Waals surface area contributed by atoms with E-state index in [1.807, 2.05) is 31.3 Å². The number of rotatable bonds is 5. The van der Waals surface area contributed by atoms with E-state index in [4.69, 9.17) is 10.00 Å². The number of benzene rings is 1. The largest absolute Gasteiger partial charge is 0.495 e. The van der Waals surface area contributed by atoms with Gasteiger partial charge in [0.15, 0.2) is 0 Å². The van der Waals surface area contributed by atoms with Gasteiger partial charge < -0.3 is 9.64 Å². The first-order valence-electron chi connectivity index (χ1n) is 5.00. The molecule has 1 rings (SSSR count). The molecule has 0 amide bonds. The quantitative estimate of drug-likeness (QED) is 0.691. The predicted molar refractivity (Wildman–Crippen MR) is 61.1 cm³/mol. The van der Waals surface area contributed by atoms with Crippen LogP contribution in [-0.4, -0.2) is 20.7 Å². The monoisotopic (exact) mass is 204 g/mol. The Labute approximate surface area is 90.9 Å². The molecule has 0 saturated carbocycles. The molecule has 0 aliphatic carbocycles. The van der Waals surface area contributed by atoms with Crippen molar-refractivity contribution in [2.75, 3.05) is 25.6 Å². The smallest absolute Gasteiger partial charge is 0.142 e. The second kappa shape index (κ2) is 5.92. The minimum Gasteiger partial charge on any atom is -0.495 e. The van der Waals surface area contributed by atoms with Gasteiger partial charge in [-0.2, -0.15) is 5.26 Å². The van der Waals surface area contributed by atoms with Crippen molar-refractivity contribution >= 4 is 5.69 Å². The number of ether oxygens (including phenoxy) is 1. The Bertz CT molecular complexity index is 344. The molecule has 0 atom stereocenters. The molecule has 0 aromatic heterocycles. The molecule has 3 nitrogen and oxygen atoms in total. The van der Waals surface area contributed by atoms with E-state index in [1.54, 1.807) is 7.11 Å². The minimum absolute atomic E-state index is 0.597. The maximum atomic E-state index is 8.46. The van der Waals surface area contributed by atoms with Gasteiger partial charge in [0.05, 0.1) is 18.9 Å². The van der Waals surface area contributed by atoms with Crippen LogP contribution in [0.25, 0.3) is 0 Å². The van der Waals surface area contributed by atoms with Crippen molar-refractivity contribution < 1.29 is 4.74 Å². The Morgan fingerprint density at radius 1 is 1.40 bits per heavy atom. The number of nitrogens with zero attached hydrogens (tertiary/aromatic N) is 2. The van der Waals surface area contributed by atoms with Gasteiger partial charge in [-0.25, -0.2) is 0 Å². The number of hydrogen-bond donors (Lipinski definition) is 0. The number of para-hydroxylation sites is 2. The van der Waals surface area contributed by atoms with Crippen molar-refractivity contribution in [3.8, 4) is 11.8 Å². The summed E-state index contributed by atoms with van der Waals surface area (Å²) in [5.74, 6) is 0.872. The second-order valence-corrected chi connectivity index (χ2v) is 3.36. The number of methoxy groups -OCH3 is 1. The first-order chi connectivity index (χ1) is 7.29. The van der Waals surface area contributed by atoms with Crippen molar-refractivity contribution in [1.82, 2.24) is 0 Å². The van der Waals surface area contributed by atoms with Gasteiger partial charge in [-0.3, -0.25) is 0 Å². The highest BCUT2D eigenvalue weighted by Crippen LogP contribution is 2.26. The molecular weight excluding hydrogens is 188 g/mol. The highest BCUT2D eigenvalue weighted by Gasteiger charge is 2.05. The molecule has 0 spiro atoms. The van der Waals surface area contributed by atoms with Crippen LogP contribution in [0.4, 0.5) is 5.69 Å². The summed E-state index contributed by atoms with van der Waals surface area (Å²) in [7, 11) is 3.68. The molecule has 0 saturated heterocycles. The summed E-state index contributed by atoms with van der Waals surface area (Å²) in [5, 5.41) is 8.46. The summed E-state index contributed by atoms with van der Waals surface area (Å²) in [4.78, 5) is 2.11. The molecule has 0 heterocycles. The highest BCUT2D eigenvalue weighted by atomic mass is 16.5. The third-order valence-electron chi connectivity index (χ3n) is 2.28. The summed E-state index contributed by atoms with van der Waals surface area (Å²) in [6.45, 7) is 0.869. The summed E-state index contributed by atoms with van der Waals surface area (Å²) in [6, 6.07) is 10.0. The number of nitriles is 1. The maximum absolute atomic E-state index is 8.46. The molecule has 0 aliphatic heterocycles. The van der Waals surface area contributed by atoms with Crippen LogP contribution >= 0.6 is 0 Å². The SMILES string of the molecule is COc1ccccc1N(C)CCCC#N. The van der Waals surface area contributed by atoms with Crippen molar-refractivity contribution in [3.05, 3.63) is 24.3 Å². The zero-order valence-electron chi connectivity index (χ0n) is 9.23. The second-order valence-electron chi connectivity index (χ2n) is 3.36. The summed E-state index contributed by atoms with van der Waals surface area (Å²) in [5.41, 5.74) is 1.07. The molecule has 0 bridgehead atoms. The van der Waals surface area contributed by atoms with Crippen LogP contribution in [-0.2, 0) is 0 Å². The molecule has 1 aromatic carbocycles. The molecule has 0 fully saturated rings. The van der Waals surface area contributed by atoms with E-state index in [9.17, 15) is 0 Å². The normalized spacial score (nSPS) is 9.40. The van der Waals surface area contributed by atoms with Crippen LogP contribution in [0.5, 0.6) is 5.75 Å². The third-order valence-corrected chi connectivity index (χ3v) is 2.28. The Morgan fingerprint density at radius 2 is 2.13 bits per heavy atom. The molecule has 80 valence electrons. The van der Waals surface area contributed by atoms with Gasteiger partial charge in [0.25, 0.3) is 0 Å². The molecule has 0 unspecified atom stereocenters. The fourth-order valence-corrected chi connectivity index (χ4v) is 1.46. The van der Waals surface area contributed by atoms with Crippen molar-refractivity contribution in [2.24, 2.45) is 0 Å². The average molecular weight is 204 g/mol. The van der Waals surface area contributed by atoms with Crippen molar-refractivity contribution in [1.29, 1.82) is 5.26 Å². The first-order valence-corrected chi connectivity index (χ1v) is 5.00. The molecule has 0 aliphatic rings. The average Bonchev–Trinajstić information content (AvgIpc) is 2.29. The van der Waals surface area contributed by atoms with Crippen molar-refractivity contribution in [2.45, 2.75) is 12.8 Å². The lowest BCUT2D eigenvalue weighted by Crippen LogP contribution is -2.18. The fraction of sp³-hybridized carbons (Fsp3) is 0.417. The van der Waals surface area contributed by atoms with Gasteiger partial charge in [-0.1, -0.05) is 12.1 Å². The minimum atomic E-state index is 0.597. The van der Waals surface area contributed by atoms with E-state index in [0.29, 0.717) is 6.42 Å². The topological polar surface area (TPSA) is 36.3 Å². The van der Waals surface area contributed by atoms with Gasteiger partial charge in [-0.15, -0.1) is 0 Å². The summed E-state index contributed by atoms with van der Waals surface area (Å²) in [6.07, 6.45) is 1.48. The van der Waals surface area contributed by atoms with Crippen LogP contribution in [0.2, 0.25) is 0 Å². The molecule has 0 radical (unpaired) electrons. The van der Waals surface area contributed by atoms with E-state index in [0.717, 1.165) is 24.4 Å². The zero-order valence-corrected chi connectivity index (χ0v) is 9.23. The van der Waals surface area contributed by atoms with E-state index in [-0.39, 0.29) is 0 Å². The van der Waals surface area contributed by atoms with E-state index >= 15 is 0 Å².